The Morgan fingerprint density at radius 3 is 1.48 bits per heavy atom. The summed E-state index contributed by atoms with van der Waals surface area (Å²) >= 11 is 0. The molecule has 1 heterocycles. The minimum atomic E-state index is -6.60. The van der Waals surface area contributed by atoms with Crippen molar-refractivity contribution in [3.05, 3.63) is 0 Å². The second-order valence-corrected chi connectivity index (χ2v) is 7.33. The molecule has 0 aromatic heterocycles. The highest BCUT2D eigenvalue weighted by atomic mass is 32.3. The van der Waals surface area contributed by atoms with Crippen molar-refractivity contribution in [3.8, 4) is 0 Å². The molecule has 7 nitrogen and oxygen atoms in total. The van der Waals surface area contributed by atoms with Gasteiger partial charge in [-0.3, -0.25) is 4.90 Å². The number of nitrogens with zero attached hydrogens (tertiary/aromatic N) is 1. The normalized spacial score (nSPS) is 18.2. The maximum Gasteiger partial charge on any atom is 0.512 e. The molecule has 1 saturated heterocycles. The highest BCUT2D eigenvalue weighted by molar-refractivity contribution is 8.05. The predicted octanol–water partition coefficient (Wildman–Crippen LogP) is -0.246. The van der Waals surface area contributed by atoms with Crippen LogP contribution in [0.2, 0.25) is 0 Å². The molecular weight excluding hydrogens is 356 g/mol. The SMILES string of the molecule is CN1CCNC1.O=S(=O)(NS(=O)(=O)C(F)(F)F)C(F)(F)F. The maximum atomic E-state index is 11.5. The average Bonchev–Trinajstić information content (AvgIpc) is 2.64. The summed E-state index contributed by atoms with van der Waals surface area (Å²) in [6.45, 7) is 3.44. The van der Waals surface area contributed by atoms with E-state index in [1.54, 1.807) is 0 Å². The van der Waals surface area contributed by atoms with Crippen LogP contribution >= 0.6 is 0 Å². The van der Waals surface area contributed by atoms with Crippen LogP contribution in [0.1, 0.15) is 0 Å². The van der Waals surface area contributed by atoms with Crippen molar-refractivity contribution < 1.29 is 43.2 Å². The number of hydrogen-bond donors (Lipinski definition) is 2. The Hall–Kier alpha value is -0.640. The lowest BCUT2D eigenvalue weighted by Gasteiger charge is -2.11. The van der Waals surface area contributed by atoms with Crippen LogP contribution in [-0.2, 0) is 20.0 Å². The van der Waals surface area contributed by atoms with Gasteiger partial charge in [-0.05, 0) is 7.05 Å². The van der Waals surface area contributed by atoms with Crippen molar-refractivity contribution in [3.63, 3.8) is 0 Å². The third-order valence-corrected chi connectivity index (χ3v) is 4.86. The van der Waals surface area contributed by atoms with Crippen LogP contribution in [0, 0.1) is 0 Å². The van der Waals surface area contributed by atoms with E-state index in [2.05, 4.69) is 17.3 Å². The summed E-state index contributed by atoms with van der Waals surface area (Å²) in [5.74, 6) is 0. The largest absolute Gasteiger partial charge is 0.512 e. The Labute approximate surface area is 116 Å². The van der Waals surface area contributed by atoms with Crippen molar-refractivity contribution in [2.45, 2.75) is 11.0 Å². The van der Waals surface area contributed by atoms with Crippen molar-refractivity contribution >= 4 is 20.0 Å². The highest BCUT2D eigenvalue weighted by Crippen LogP contribution is 2.27. The number of likely N-dealkylation sites (N-methyl/N-ethyl adjacent to an activating group) is 1. The van der Waals surface area contributed by atoms with E-state index >= 15 is 0 Å². The minimum absolute atomic E-state index is 0.493. The van der Waals surface area contributed by atoms with Crippen LogP contribution in [0.25, 0.3) is 0 Å². The van der Waals surface area contributed by atoms with Gasteiger partial charge in [0, 0.05) is 19.8 Å². The molecule has 1 aliphatic rings. The Morgan fingerprint density at radius 2 is 1.33 bits per heavy atom. The van der Waals surface area contributed by atoms with Crippen molar-refractivity contribution in [2.24, 2.45) is 0 Å². The molecular formula is C6H11F6N3O4S2. The molecule has 0 radical (unpaired) electrons. The van der Waals surface area contributed by atoms with E-state index in [0.29, 0.717) is 0 Å². The van der Waals surface area contributed by atoms with Gasteiger partial charge in [0.15, 0.2) is 0 Å². The lowest BCUT2D eigenvalue weighted by molar-refractivity contribution is -0.0476. The van der Waals surface area contributed by atoms with Crippen molar-refractivity contribution in [1.82, 2.24) is 14.3 Å². The Morgan fingerprint density at radius 1 is 0.952 bits per heavy atom. The van der Waals surface area contributed by atoms with Crippen LogP contribution in [-0.4, -0.2) is 59.6 Å². The molecule has 128 valence electrons. The summed E-state index contributed by atoms with van der Waals surface area (Å²) in [5, 5.41) is 3.20. The van der Waals surface area contributed by atoms with Gasteiger partial charge < -0.3 is 5.32 Å². The molecule has 1 rings (SSSR count). The van der Waals surface area contributed by atoms with E-state index in [1.165, 1.54) is 6.54 Å². The molecule has 2 N–H and O–H groups in total. The molecule has 0 aromatic carbocycles. The zero-order chi connectivity index (χ0) is 17.1. The molecule has 0 atom stereocenters. The van der Waals surface area contributed by atoms with Gasteiger partial charge in [-0.2, -0.15) is 26.3 Å². The number of sulfonamides is 2. The van der Waals surface area contributed by atoms with Gasteiger partial charge in [-0.15, -0.1) is 0 Å². The number of hydrogen-bond acceptors (Lipinski definition) is 6. The van der Waals surface area contributed by atoms with Crippen LogP contribution in [0.4, 0.5) is 26.3 Å². The summed E-state index contributed by atoms with van der Waals surface area (Å²) in [4.78, 5) is 2.25. The van der Waals surface area contributed by atoms with Crippen molar-refractivity contribution in [2.75, 3.05) is 26.8 Å². The third kappa shape index (κ3) is 6.33. The average molecular weight is 367 g/mol. The summed E-state index contributed by atoms with van der Waals surface area (Å²) in [6.07, 6.45) is 0. The summed E-state index contributed by atoms with van der Waals surface area (Å²) in [5.41, 5.74) is -12.3. The van der Waals surface area contributed by atoms with E-state index in [0.717, 1.165) is 13.2 Å². The highest BCUT2D eigenvalue weighted by Gasteiger charge is 2.55. The number of halogens is 6. The minimum Gasteiger partial charge on any atom is -0.303 e. The van der Waals surface area contributed by atoms with E-state index in [1.807, 2.05) is 0 Å². The fraction of sp³-hybridized carbons (Fsp3) is 1.00. The van der Waals surface area contributed by atoms with Crippen LogP contribution in [0.5, 0.6) is 0 Å². The standard InChI is InChI=1S/C4H10N2.C2HF6NO4S2/c1-6-3-2-5-4-6;3-1(4,5)14(10,11)9-15(12,13)2(6,7)8/h5H,2-4H2,1H3;9H. The number of rotatable bonds is 2. The van der Waals surface area contributed by atoms with E-state index in [4.69, 9.17) is 0 Å². The molecule has 0 amide bonds. The van der Waals surface area contributed by atoms with Gasteiger partial charge in [-0.1, -0.05) is 4.13 Å². The number of alkyl halides is 6. The lowest BCUT2D eigenvalue weighted by Crippen LogP contribution is -2.45. The first kappa shape index (κ1) is 20.4. The Kier molecular flexibility index (Phi) is 6.43. The fourth-order valence-corrected chi connectivity index (χ4v) is 2.77. The molecule has 0 spiro atoms. The second kappa shape index (κ2) is 6.64. The smallest absolute Gasteiger partial charge is 0.303 e. The monoisotopic (exact) mass is 367 g/mol. The first-order valence-electron chi connectivity index (χ1n) is 4.90. The lowest BCUT2D eigenvalue weighted by atomic mass is 10.7. The predicted molar refractivity (Wildman–Crippen MR) is 58.6 cm³/mol. The van der Waals surface area contributed by atoms with Crippen LogP contribution in [0.15, 0.2) is 0 Å². The molecule has 21 heavy (non-hydrogen) atoms. The molecule has 0 bridgehead atoms. The summed E-state index contributed by atoms with van der Waals surface area (Å²) in [7, 11) is -11.1. The molecule has 1 aliphatic heterocycles. The third-order valence-electron chi connectivity index (χ3n) is 1.88. The molecule has 0 aliphatic carbocycles. The van der Waals surface area contributed by atoms with Gasteiger partial charge in [0.2, 0.25) is 0 Å². The molecule has 15 heteroatoms. The topological polar surface area (TPSA) is 95.6 Å². The second-order valence-electron chi connectivity index (χ2n) is 3.72. The molecule has 0 unspecified atom stereocenters. The van der Waals surface area contributed by atoms with E-state index in [-0.39, 0.29) is 0 Å². The van der Waals surface area contributed by atoms with E-state index in [9.17, 15) is 43.2 Å². The molecule has 1 fully saturated rings. The Balaban J connectivity index is 0.000000547. The van der Waals surface area contributed by atoms with Gasteiger partial charge >= 0.3 is 31.1 Å². The van der Waals surface area contributed by atoms with Crippen LogP contribution in [0.3, 0.4) is 0 Å². The van der Waals surface area contributed by atoms with Gasteiger partial charge in [0.05, 0.1) is 0 Å². The Bertz CT molecular complexity index is 492. The molecule has 0 saturated carbocycles. The summed E-state index contributed by atoms with van der Waals surface area (Å²) < 4.78 is 108. The first-order chi connectivity index (χ1) is 9.10. The van der Waals surface area contributed by atoms with Gasteiger partial charge in [-0.25, -0.2) is 16.8 Å². The number of nitrogens with one attached hydrogen (secondary N) is 2. The van der Waals surface area contributed by atoms with E-state index < -0.39 is 35.2 Å². The zero-order valence-electron chi connectivity index (χ0n) is 10.3. The van der Waals surface area contributed by atoms with Gasteiger partial charge in [0.25, 0.3) is 0 Å². The fourth-order valence-electron chi connectivity index (χ4n) is 0.858. The van der Waals surface area contributed by atoms with Crippen molar-refractivity contribution in [1.29, 1.82) is 0 Å². The van der Waals surface area contributed by atoms with Gasteiger partial charge in [0.1, 0.15) is 0 Å². The quantitative estimate of drug-likeness (QED) is 0.654. The summed E-state index contributed by atoms with van der Waals surface area (Å²) in [6, 6.07) is 0. The zero-order valence-corrected chi connectivity index (χ0v) is 11.9. The maximum absolute atomic E-state index is 11.5. The molecule has 0 aromatic rings. The first-order valence-corrected chi connectivity index (χ1v) is 7.87. The van der Waals surface area contributed by atoms with Crippen LogP contribution < -0.4 is 9.44 Å².